The third kappa shape index (κ3) is 6.52. The van der Waals surface area contributed by atoms with Crippen molar-refractivity contribution in [3.05, 3.63) is 83.1 Å². The van der Waals surface area contributed by atoms with Crippen molar-refractivity contribution in [1.29, 1.82) is 0 Å². The van der Waals surface area contributed by atoms with Gasteiger partial charge in [-0.1, -0.05) is 13.0 Å². The summed E-state index contributed by atoms with van der Waals surface area (Å²) in [6, 6.07) is 8.40. The van der Waals surface area contributed by atoms with Gasteiger partial charge in [0.15, 0.2) is 5.82 Å². The Morgan fingerprint density at radius 2 is 1.86 bits per heavy atom. The molecule has 3 aromatic heterocycles. The molecule has 0 unspecified atom stereocenters. The minimum Gasteiger partial charge on any atom is -0.424 e. The smallest absolute Gasteiger partial charge is 0.419 e. The second kappa shape index (κ2) is 13.4. The Morgan fingerprint density at radius 1 is 1.05 bits per heavy atom. The molecule has 0 saturated heterocycles. The molecule has 0 aliphatic rings. The number of aromatic nitrogens is 4. The van der Waals surface area contributed by atoms with E-state index in [-0.39, 0.29) is 23.6 Å². The Bertz CT molecular complexity index is 1620. The number of amides is 3. The number of carbonyl (C=O) groups is 4. The molecule has 0 spiro atoms. The molecule has 3 amide bonds. The molecule has 218 valence electrons. The van der Waals surface area contributed by atoms with Crippen molar-refractivity contribution >= 4 is 40.9 Å². The number of hydrogen-bond acceptors (Lipinski definition) is 10. The van der Waals surface area contributed by atoms with Crippen LogP contribution in [0, 0.1) is 13.8 Å². The number of fused-ring (bicyclic) bond motifs is 1. The van der Waals surface area contributed by atoms with Crippen LogP contribution in [0.5, 0.6) is 0 Å². The monoisotopic (exact) mass is 573 g/mol. The lowest BCUT2D eigenvalue weighted by Crippen LogP contribution is -2.37. The molecule has 0 aliphatic carbocycles. The number of imide groups is 1. The molecular weight excluding hydrogens is 542 g/mol. The maximum atomic E-state index is 13.4. The van der Waals surface area contributed by atoms with Crippen molar-refractivity contribution in [2.75, 3.05) is 25.2 Å². The lowest BCUT2D eigenvalue weighted by atomic mass is 10.1. The Balaban J connectivity index is 1.52. The fraction of sp³-hybridized carbons (Fsp3) is 0.276. The van der Waals surface area contributed by atoms with Gasteiger partial charge >= 0.3 is 12.1 Å². The predicted molar refractivity (Wildman–Crippen MR) is 153 cm³/mol. The van der Waals surface area contributed by atoms with Crippen molar-refractivity contribution < 1.29 is 28.7 Å². The van der Waals surface area contributed by atoms with Crippen LogP contribution < -0.4 is 10.6 Å². The van der Waals surface area contributed by atoms with E-state index in [0.717, 1.165) is 16.9 Å². The van der Waals surface area contributed by atoms with E-state index in [4.69, 9.17) is 9.47 Å². The number of hydrogen-bond donors (Lipinski definition) is 2. The fourth-order valence-electron chi connectivity index (χ4n) is 4.11. The summed E-state index contributed by atoms with van der Waals surface area (Å²) in [6.45, 7) is 7.10. The van der Waals surface area contributed by atoms with Gasteiger partial charge < -0.3 is 20.1 Å². The summed E-state index contributed by atoms with van der Waals surface area (Å²) in [5.41, 5.74) is 3.46. The first-order chi connectivity index (χ1) is 20.2. The number of nitrogens with zero attached hydrogens (tertiary/aromatic N) is 5. The quantitative estimate of drug-likeness (QED) is 0.210. The largest absolute Gasteiger partial charge is 0.424 e. The van der Waals surface area contributed by atoms with Crippen LogP contribution in [0.15, 0.2) is 55.2 Å². The molecule has 0 bridgehead atoms. The fourth-order valence-corrected chi connectivity index (χ4v) is 4.11. The van der Waals surface area contributed by atoms with Crippen molar-refractivity contribution in [1.82, 2.24) is 29.8 Å². The summed E-state index contributed by atoms with van der Waals surface area (Å²) >= 11 is 0. The van der Waals surface area contributed by atoms with Crippen molar-refractivity contribution in [3.63, 3.8) is 0 Å². The van der Waals surface area contributed by atoms with Gasteiger partial charge in [-0.25, -0.2) is 24.0 Å². The van der Waals surface area contributed by atoms with Crippen LogP contribution >= 0.6 is 0 Å². The van der Waals surface area contributed by atoms with E-state index in [1.807, 2.05) is 19.9 Å². The Morgan fingerprint density at radius 3 is 2.57 bits per heavy atom. The lowest BCUT2D eigenvalue weighted by molar-refractivity contribution is -0.0102. The zero-order valence-corrected chi connectivity index (χ0v) is 23.7. The number of benzene rings is 1. The molecule has 13 nitrogen and oxygen atoms in total. The van der Waals surface area contributed by atoms with Crippen molar-refractivity contribution in [3.8, 4) is 0 Å². The minimum absolute atomic E-state index is 0.00270. The molecule has 0 fully saturated rings. The molecule has 4 aromatic rings. The van der Waals surface area contributed by atoms with E-state index in [1.165, 1.54) is 35.5 Å². The van der Waals surface area contributed by atoms with Crippen LogP contribution in [0.4, 0.5) is 16.3 Å². The number of rotatable bonds is 10. The number of esters is 1. The van der Waals surface area contributed by atoms with Gasteiger partial charge in [0.05, 0.1) is 11.1 Å². The van der Waals surface area contributed by atoms with E-state index in [1.54, 1.807) is 32.0 Å². The number of anilines is 2. The molecule has 4 rings (SSSR count). The summed E-state index contributed by atoms with van der Waals surface area (Å²) in [5.74, 6) is -1.12. The van der Waals surface area contributed by atoms with Crippen LogP contribution in [-0.2, 0) is 9.47 Å². The number of aryl methyl sites for hydroxylation is 2. The Hall–Kier alpha value is -5.33. The Labute approximate surface area is 241 Å². The van der Waals surface area contributed by atoms with E-state index in [0.29, 0.717) is 34.7 Å². The van der Waals surface area contributed by atoms with Crippen molar-refractivity contribution in [2.24, 2.45) is 0 Å². The standard InChI is InChI=1S/C29H31N7O6/c1-5-11-31-26(37)20-10-9-18(3)23(13-20)34-25-24-19(4)22(15-36(24)33-16-32-25)27(38)35(6-2)29(40)42-17-41-28(39)21-8-7-12-30-14-21/h7-10,12-16H,5-6,11,17H2,1-4H3,(H,31,37)(H,32,33,34). The van der Waals surface area contributed by atoms with Gasteiger partial charge in [0, 0.05) is 42.9 Å². The average Bonchev–Trinajstić information content (AvgIpc) is 3.34. The topological polar surface area (TPSA) is 157 Å². The zero-order chi connectivity index (χ0) is 30.2. The summed E-state index contributed by atoms with van der Waals surface area (Å²) in [7, 11) is 0. The number of pyridine rings is 1. The summed E-state index contributed by atoms with van der Waals surface area (Å²) < 4.78 is 11.5. The van der Waals surface area contributed by atoms with Crippen LogP contribution in [0.25, 0.3) is 5.52 Å². The van der Waals surface area contributed by atoms with E-state index in [2.05, 4.69) is 25.7 Å². The normalized spacial score (nSPS) is 10.7. The van der Waals surface area contributed by atoms with Crippen LogP contribution in [0.1, 0.15) is 62.5 Å². The molecule has 0 saturated carbocycles. The van der Waals surface area contributed by atoms with Gasteiger partial charge in [0.2, 0.25) is 6.79 Å². The summed E-state index contributed by atoms with van der Waals surface area (Å²) in [5, 5.41) is 10.3. The number of carbonyl (C=O) groups excluding carboxylic acids is 4. The first-order valence-corrected chi connectivity index (χ1v) is 13.3. The van der Waals surface area contributed by atoms with Gasteiger partial charge in [-0.15, -0.1) is 0 Å². The highest BCUT2D eigenvalue weighted by molar-refractivity contribution is 6.05. The van der Waals surface area contributed by atoms with E-state index in [9.17, 15) is 19.2 Å². The van der Waals surface area contributed by atoms with Gasteiger partial charge in [-0.2, -0.15) is 5.10 Å². The molecule has 3 heterocycles. The molecule has 2 N–H and O–H groups in total. The van der Waals surface area contributed by atoms with Crippen LogP contribution in [0.3, 0.4) is 0 Å². The van der Waals surface area contributed by atoms with Gasteiger partial charge in [0.1, 0.15) is 11.8 Å². The average molecular weight is 574 g/mol. The number of ether oxygens (including phenoxy) is 2. The maximum Gasteiger partial charge on any atom is 0.419 e. The first-order valence-electron chi connectivity index (χ1n) is 13.3. The highest BCUT2D eigenvalue weighted by atomic mass is 16.7. The Kier molecular flexibility index (Phi) is 9.42. The van der Waals surface area contributed by atoms with Gasteiger partial charge in [-0.05, 0) is 62.6 Å². The molecular formula is C29H31N7O6. The summed E-state index contributed by atoms with van der Waals surface area (Å²) in [4.78, 5) is 59.8. The third-order valence-corrected chi connectivity index (χ3v) is 6.40. The van der Waals surface area contributed by atoms with E-state index < -0.39 is 24.8 Å². The molecule has 0 atom stereocenters. The second-order valence-corrected chi connectivity index (χ2v) is 9.23. The predicted octanol–water partition coefficient (Wildman–Crippen LogP) is 4.04. The minimum atomic E-state index is -0.977. The molecule has 13 heteroatoms. The summed E-state index contributed by atoms with van der Waals surface area (Å²) in [6.07, 6.45) is 5.50. The second-order valence-electron chi connectivity index (χ2n) is 9.23. The molecule has 1 aromatic carbocycles. The van der Waals surface area contributed by atoms with Crippen LogP contribution in [-0.4, -0.2) is 68.2 Å². The van der Waals surface area contributed by atoms with Gasteiger partial charge in [-0.3, -0.25) is 14.6 Å². The highest BCUT2D eigenvalue weighted by Gasteiger charge is 2.27. The highest BCUT2D eigenvalue weighted by Crippen LogP contribution is 2.28. The van der Waals surface area contributed by atoms with Crippen LogP contribution in [0.2, 0.25) is 0 Å². The lowest BCUT2D eigenvalue weighted by Gasteiger charge is -2.18. The SMILES string of the molecule is CCCNC(=O)c1ccc(C)c(Nc2ncnn3cc(C(=O)N(CC)C(=O)OCOC(=O)c4cccnc4)c(C)c23)c1. The van der Waals surface area contributed by atoms with E-state index >= 15 is 0 Å². The number of nitrogens with one attached hydrogen (secondary N) is 2. The maximum absolute atomic E-state index is 13.4. The third-order valence-electron chi connectivity index (χ3n) is 6.40. The molecule has 0 aliphatic heterocycles. The van der Waals surface area contributed by atoms with Gasteiger partial charge in [0.25, 0.3) is 11.8 Å². The molecule has 0 radical (unpaired) electrons. The zero-order valence-electron chi connectivity index (χ0n) is 23.7. The van der Waals surface area contributed by atoms with Crippen molar-refractivity contribution in [2.45, 2.75) is 34.1 Å². The molecule has 42 heavy (non-hydrogen) atoms. The first kappa shape index (κ1) is 29.6.